The Morgan fingerprint density at radius 3 is 2.76 bits per heavy atom. The van der Waals surface area contributed by atoms with Gasteiger partial charge in [0.15, 0.2) is 5.11 Å². The van der Waals surface area contributed by atoms with Crippen LogP contribution < -0.4 is 15.4 Å². The van der Waals surface area contributed by atoms with Crippen molar-refractivity contribution in [3.63, 3.8) is 0 Å². The minimum absolute atomic E-state index is 0.153. The predicted octanol–water partition coefficient (Wildman–Crippen LogP) is 3.58. The highest BCUT2D eigenvalue weighted by Crippen LogP contribution is 2.37. The van der Waals surface area contributed by atoms with Crippen molar-refractivity contribution < 1.29 is 9.53 Å². The van der Waals surface area contributed by atoms with Crippen molar-refractivity contribution in [1.29, 1.82) is 0 Å². The van der Waals surface area contributed by atoms with Crippen LogP contribution in [0.25, 0.3) is 10.1 Å². The summed E-state index contributed by atoms with van der Waals surface area (Å²) in [6, 6.07) is 5.66. The largest absolute Gasteiger partial charge is 0.497 e. The number of hydrogen-bond donors (Lipinski definition) is 2. The van der Waals surface area contributed by atoms with Crippen molar-refractivity contribution in [2.45, 2.75) is 19.9 Å². The normalized spacial score (nSPS) is 10.7. The van der Waals surface area contributed by atoms with E-state index in [2.05, 4.69) is 10.6 Å². The van der Waals surface area contributed by atoms with Gasteiger partial charge in [-0.3, -0.25) is 10.1 Å². The van der Waals surface area contributed by atoms with E-state index in [1.54, 1.807) is 7.11 Å². The molecule has 0 aliphatic carbocycles. The van der Waals surface area contributed by atoms with E-state index in [0.717, 1.165) is 15.8 Å². The summed E-state index contributed by atoms with van der Waals surface area (Å²) in [5, 5.41) is 7.14. The summed E-state index contributed by atoms with van der Waals surface area (Å²) in [6.45, 7) is 3.88. The number of fused-ring (bicyclic) bond motifs is 1. The smallest absolute Gasteiger partial charge is 0.269 e. The number of amides is 1. The van der Waals surface area contributed by atoms with Gasteiger partial charge in [-0.2, -0.15) is 0 Å². The molecule has 112 valence electrons. The lowest BCUT2D eigenvalue weighted by Crippen LogP contribution is -2.42. The summed E-state index contributed by atoms with van der Waals surface area (Å²) in [5.41, 5.74) is 0. The predicted molar refractivity (Wildman–Crippen MR) is 91.7 cm³/mol. The molecular formula is C14H15ClN2O2S2. The molecule has 7 heteroatoms. The number of carbonyl (C=O) groups is 1. The van der Waals surface area contributed by atoms with Gasteiger partial charge in [0.2, 0.25) is 0 Å². The molecule has 0 aliphatic rings. The molecule has 21 heavy (non-hydrogen) atoms. The fraction of sp³-hybridized carbons (Fsp3) is 0.286. The molecule has 2 rings (SSSR count). The fourth-order valence-electron chi connectivity index (χ4n) is 1.78. The number of carbonyl (C=O) groups excluding carboxylic acids is 1. The van der Waals surface area contributed by atoms with Gasteiger partial charge in [-0.25, -0.2) is 0 Å². The Kier molecular flexibility index (Phi) is 5.03. The van der Waals surface area contributed by atoms with Gasteiger partial charge in [-0.05, 0) is 44.3 Å². The van der Waals surface area contributed by atoms with Crippen LogP contribution in [0.15, 0.2) is 18.2 Å². The molecule has 0 unspecified atom stereocenters. The molecule has 0 atom stereocenters. The van der Waals surface area contributed by atoms with Gasteiger partial charge in [-0.15, -0.1) is 11.3 Å². The van der Waals surface area contributed by atoms with Crippen LogP contribution in [0.2, 0.25) is 5.02 Å². The van der Waals surface area contributed by atoms with Crippen LogP contribution in [0.4, 0.5) is 0 Å². The zero-order valence-electron chi connectivity index (χ0n) is 11.8. The SMILES string of the molecule is COc1ccc2c(Cl)c(C(=O)NC(=S)NC(C)C)sc2c1. The quantitative estimate of drug-likeness (QED) is 0.837. The van der Waals surface area contributed by atoms with Gasteiger partial charge >= 0.3 is 0 Å². The number of ether oxygens (including phenoxy) is 1. The first-order chi connectivity index (χ1) is 9.92. The van der Waals surface area contributed by atoms with Crippen LogP contribution in [0.5, 0.6) is 5.75 Å². The molecule has 2 N–H and O–H groups in total. The van der Waals surface area contributed by atoms with Crippen molar-refractivity contribution in [3.05, 3.63) is 28.1 Å². The van der Waals surface area contributed by atoms with Gasteiger partial charge < -0.3 is 10.1 Å². The molecular weight excluding hydrogens is 328 g/mol. The van der Waals surface area contributed by atoms with Gasteiger partial charge in [0.25, 0.3) is 5.91 Å². The average Bonchev–Trinajstić information content (AvgIpc) is 2.74. The number of nitrogens with one attached hydrogen (secondary N) is 2. The Morgan fingerprint density at radius 1 is 1.43 bits per heavy atom. The maximum Gasteiger partial charge on any atom is 0.269 e. The lowest BCUT2D eigenvalue weighted by molar-refractivity contribution is 0.0980. The van der Waals surface area contributed by atoms with Crippen molar-refractivity contribution in [2.24, 2.45) is 0 Å². The van der Waals surface area contributed by atoms with Gasteiger partial charge in [-0.1, -0.05) is 11.6 Å². The first kappa shape index (κ1) is 16.0. The number of halogens is 1. The lowest BCUT2D eigenvalue weighted by Gasteiger charge is -2.11. The highest BCUT2D eigenvalue weighted by molar-refractivity contribution is 7.80. The van der Waals surface area contributed by atoms with Crippen LogP contribution in [-0.4, -0.2) is 24.2 Å². The zero-order valence-corrected chi connectivity index (χ0v) is 14.2. The second-order valence-electron chi connectivity index (χ2n) is 4.69. The van der Waals surface area contributed by atoms with E-state index in [0.29, 0.717) is 15.0 Å². The molecule has 4 nitrogen and oxygen atoms in total. The van der Waals surface area contributed by atoms with E-state index >= 15 is 0 Å². The number of methoxy groups -OCH3 is 1. The maximum absolute atomic E-state index is 12.2. The number of thiophene rings is 1. The number of benzene rings is 1. The molecule has 0 saturated carbocycles. The van der Waals surface area contributed by atoms with E-state index < -0.39 is 0 Å². The molecule has 0 aliphatic heterocycles. The van der Waals surface area contributed by atoms with Crippen LogP contribution in [-0.2, 0) is 0 Å². The van der Waals surface area contributed by atoms with E-state index in [1.807, 2.05) is 32.0 Å². The third-order valence-corrected chi connectivity index (χ3v) is 4.57. The summed E-state index contributed by atoms with van der Waals surface area (Å²) in [7, 11) is 1.60. The monoisotopic (exact) mass is 342 g/mol. The summed E-state index contributed by atoms with van der Waals surface area (Å²) < 4.78 is 6.07. The van der Waals surface area contributed by atoms with E-state index in [9.17, 15) is 4.79 Å². The molecule has 0 spiro atoms. The van der Waals surface area contributed by atoms with E-state index in [-0.39, 0.29) is 11.9 Å². The first-order valence-corrected chi connectivity index (χ1v) is 7.90. The fourth-order valence-corrected chi connectivity index (χ4v) is 3.55. The molecule has 0 bridgehead atoms. The minimum atomic E-state index is -0.307. The number of thiocarbonyl (C=S) groups is 1. The van der Waals surface area contributed by atoms with Gasteiger partial charge in [0.05, 0.1) is 12.1 Å². The Morgan fingerprint density at radius 2 is 2.14 bits per heavy atom. The summed E-state index contributed by atoms with van der Waals surface area (Å²) in [5.74, 6) is 0.419. The third kappa shape index (κ3) is 3.64. The second-order valence-corrected chi connectivity index (χ2v) is 6.53. The standard InChI is InChI=1S/C14H15ClN2O2S2/c1-7(2)16-14(20)17-13(18)12-11(15)9-5-4-8(19-3)6-10(9)21-12/h4-7H,1-3H3,(H2,16,17,18,20). The first-order valence-electron chi connectivity index (χ1n) is 6.30. The topological polar surface area (TPSA) is 50.4 Å². The maximum atomic E-state index is 12.2. The number of rotatable bonds is 3. The van der Waals surface area contributed by atoms with Crippen molar-refractivity contribution in [3.8, 4) is 5.75 Å². The van der Waals surface area contributed by atoms with Crippen molar-refractivity contribution in [1.82, 2.24) is 10.6 Å². The second kappa shape index (κ2) is 6.60. The molecule has 1 heterocycles. The molecule has 0 radical (unpaired) electrons. The molecule has 0 saturated heterocycles. The molecule has 0 fully saturated rings. The molecule has 2 aromatic rings. The van der Waals surface area contributed by atoms with Crippen LogP contribution >= 0.6 is 35.2 Å². The van der Waals surface area contributed by atoms with Crippen molar-refractivity contribution >= 4 is 56.3 Å². The summed E-state index contributed by atoms with van der Waals surface area (Å²) in [4.78, 5) is 12.7. The average molecular weight is 343 g/mol. The van der Waals surface area contributed by atoms with Gasteiger partial charge in [0.1, 0.15) is 10.6 Å². The Labute approximate surface area is 137 Å². The van der Waals surface area contributed by atoms with Crippen LogP contribution in [0, 0.1) is 0 Å². The Bertz CT molecular complexity index is 698. The zero-order chi connectivity index (χ0) is 15.6. The molecule has 1 aromatic carbocycles. The van der Waals surface area contributed by atoms with Crippen molar-refractivity contribution in [2.75, 3.05) is 7.11 Å². The molecule has 1 amide bonds. The van der Waals surface area contributed by atoms with Crippen LogP contribution in [0.3, 0.4) is 0 Å². The Hall–Kier alpha value is -1.37. The Balaban J connectivity index is 2.27. The molecule has 1 aromatic heterocycles. The highest BCUT2D eigenvalue weighted by atomic mass is 35.5. The summed E-state index contributed by atoms with van der Waals surface area (Å²) in [6.07, 6.45) is 0. The highest BCUT2D eigenvalue weighted by Gasteiger charge is 2.18. The van der Waals surface area contributed by atoms with E-state index in [4.69, 9.17) is 28.6 Å². The third-order valence-electron chi connectivity index (χ3n) is 2.69. The minimum Gasteiger partial charge on any atom is -0.497 e. The number of hydrogen-bond acceptors (Lipinski definition) is 4. The van der Waals surface area contributed by atoms with Crippen LogP contribution in [0.1, 0.15) is 23.5 Å². The summed E-state index contributed by atoms with van der Waals surface area (Å²) >= 11 is 12.7. The van der Waals surface area contributed by atoms with E-state index in [1.165, 1.54) is 11.3 Å². The van der Waals surface area contributed by atoms with Gasteiger partial charge in [0, 0.05) is 16.1 Å². The lowest BCUT2D eigenvalue weighted by atomic mass is 10.2.